The lowest BCUT2D eigenvalue weighted by Gasteiger charge is -2.15. The van der Waals surface area contributed by atoms with Crippen molar-refractivity contribution >= 4 is 13.5 Å². The van der Waals surface area contributed by atoms with Gasteiger partial charge in [0.25, 0.3) is 0 Å². The maximum atomic E-state index is 2.43. The maximum absolute atomic E-state index is 2.43. The summed E-state index contributed by atoms with van der Waals surface area (Å²) in [5, 5.41) is 0. The summed E-state index contributed by atoms with van der Waals surface area (Å²) in [4.78, 5) is 2.43. The monoisotopic (exact) mass is 145 g/mol. The number of para-hydroxylation sites is 1. The van der Waals surface area contributed by atoms with Gasteiger partial charge in [-0.05, 0) is 24.5 Å². The molecule has 0 N–H and O–H groups in total. The molecular weight excluding hydrogens is 133 g/mol. The molecule has 56 valence electrons. The average molecular weight is 145 g/mol. The van der Waals surface area contributed by atoms with Crippen LogP contribution in [0.5, 0.6) is 0 Å². The second-order valence-electron chi connectivity index (χ2n) is 2.96. The molecule has 0 saturated carbocycles. The second-order valence-corrected chi connectivity index (χ2v) is 2.96. The quantitative estimate of drug-likeness (QED) is 0.524. The lowest BCUT2D eigenvalue weighted by molar-refractivity contribution is 0.934. The maximum Gasteiger partial charge on any atom is 0.126 e. The number of benzene rings is 1. The largest absolute Gasteiger partial charge is 0.379 e. The Kier molecular flexibility index (Phi) is 1.61. The van der Waals surface area contributed by atoms with E-state index in [1.54, 1.807) is 0 Å². The highest BCUT2D eigenvalue weighted by Gasteiger charge is 2.15. The third kappa shape index (κ3) is 1.03. The summed E-state index contributed by atoms with van der Waals surface area (Å²) < 4.78 is 0. The Morgan fingerprint density at radius 1 is 1.36 bits per heavy atom. The molecule has 1 aliphatic rings. The van der Waals surface area contributed by atoms with Crippen molar-refractivity contribution in [1.82, 2.24) is 0 Å². The van der Waals surface area contributed by atoms with E-state index in [0.29, 0.717) is 0 Å². The minimum Gasteiger partial charge on any atom is -0.379 e. The van der Waals surface area contributed by atoms with Gasteiger partial charge in [0, 0.05) is 12.2 Å². The van der Waals surface area contributed by atoms with E-state index in [4.69, 9.17) is 0 Å². The van der Waals surface area contributed by atoms with Gasteiger partial charge in [-0.2, -0.15) is 0 Å². The molecular formula is C9H12BN. The Hall–Kier alpha value is -0.915. The van der Waals surface area contributed by atoms with Crippen LogP contribution in [0.25, 0.3) is 0 Å². The van der Waals surface area contributed by atoms with E-state index >= 15 is 0 Å². The fourth-order valence-corrected chi connectivity index (χ4v) is 1.74. The van der Waals surface area contributed by atoms with Gasteiger partial charge >= 0.3 is 0 Å². The fraction of sp³-hybridized carbons (Fsp3) is 0.333. The van der Waals surface area contributed by atoms with Crippen molar-refractivity contribution in [2.24, 2.45) is 0 Å². The first-order chi connectivity index (χ1) is 5.42. The van der Waals surface area contributed by atoms with Gasteiger partial charge in [-0.25, -0.2) is 0 Å². The Morgan fingerprint density at radius 2 is 2.18 bits per heavy atom. The van der Waals surface area contributed by atoms with Gasteiger partial charge in [0.1, 0.15) is 7.85 Å². The first-order valence-corrected chi connectivity index (χ1v) is 4.24. The molecule has 0 spiro atoms. The molecule has 1 nitrogen and oxygen atoms in total. The molecule has 0 amide bonds. The van der Waals surface area contributed by atoms with Crippen molar-refractivity contribution in [3.05, 3.63) is 29.8 Å². The molecule has 0 unspecified atom stereocenters. The average Bonchev–Trinajstić information content (AvgIpc) is 2.47. The molecule has 0 aromatic heterocycles. The molecule has 2 heteroatoms. The molecule has 1 heterocycles. The van der Waals surface area contributed by atoms with E-state index in [9.17, 15) is 0 Å². The molecule has 0 bridgehead atoms. The standard InChI is InChI=1S/C9H12BN/c10-7-11-6-5-8-3-1-2-4-9(8)11/h1-4H,5-7,10H2. The van der Waals surface area contributed by atoms with Crippen LogP contribution in [-0.4, -0.2) is 20.8 Å². The van der Waals surface area contributed by atoms with E-state index in [1.807, 2.05) is 0 Å². The predicted octanol–water partition coefficient (Wildman–Crippen LogP) is 0.640. The molecule has 1 aromatic rings. The van der Waals surface area contributed by atoms with Crippen LogP contribution in [-0.2, 0) is 6.42 Å². The van der Waals surface area contributed by atoms with Gasteiger partial charge < -0.3 is 4.90 Å². The van der Waals surface area contributed by atoms with Gasteiger partial charge in [-0.1, -0.05) is 18.2 Å². The summed E-state index contributed by atoms with van der Waals surface area (Å²) in [6, 6.07) is 8.68. The molecule has 0 fully saturated rings. The summed E-state index contributed by atoms with van der Waals surface area (Å²) in [5.74, 6) is 0. The van der Waals surface area contributed by atoms with Crippen LogP contribution < -0.4 is 4.90 Å². The first kappa shape index (κ1) is 6.77. The van der Waals surface area contributed by atoms with Crippen molar-refractivity contribution in [3.8, 4) is 0 Å². The molecule has 11 heavy (non-hydrogen) atoms. The zero-order valence-electron chi connectivity index (χ0n) is 6.88. The zero-order valence-corrected chi connectivity index (χ0v) is 6.88. The second kappa shape index (κ2) is 2.61. The molecule has 2 rings (SSSR count). The van der Waals surface area contributed by atoms with Crippen LogP contribution in [0.4, 0.5) is 5.69 Å². The molecule has 0 saturated heterocycles. The van der Waals surface area contributed by atoms with Crippen molar-refractivity contribution in [3.63, 3.8) is 0 Å². The van der Waals surface area contributed by atoms with E-state index in [0.717, 1.165) is 6.44 Å². The number of anilines is 1. The summed E-state index contributed by atoms with van der Waals surface area (Å²) >= 11 is 0. The Bertz CT molecular complexity index is 259. The number of nitrogens with zero attached hydrogens (tertiary/aromatic N) is 1. The highest BCUT2D eigenvalue weighted by atomic mass is 15.1. The smallest absolute Gasteiger partial charge is 0.126 e. The lowest BCUT2D eigenvalue weighted by Crippen LogP contribution is -2.21. The topological polar surface area (TPSA) is 3.24 Å². The van der Waals surface area contributed by atoms with Crippen molar-refractivity contribution in [2.75, 3.05) is 17.9 Å². The predicted molar refractivity (Wildman–Crippen MR) is 50.9 cm³/mol. The minimum absolute atomic E-state index is 1.14. The van der Waals surface area contributed by atoms with Crippen LogP contribution in [0, 0.1) is 0 Å². The third-order valence-corrected chi connectivity index (χ3v) is 2.37. The van der Waals surface area contributed by atoms with Crippen LogP contribution >= 0.6 is 0 Å². The normalized spacial score (nSPS) is 15.1. The highest BCUT2D eigenvalue weighted by Crippen LogP contribution is 2.26. The SMILES string of the molecule is BCN1CCc2ccccc21. The molecule has 1 aliphatic heterocycles. The van der Waals surface area contributed by atoms with Gasteiger partial charge in [0.05, 0.1) is 0 Å². The van der Waals surface area contributed by atoms with E-state index in [2.05, 4.69) is 37.0 Å². The van der Waals surface area contributed by atoms with Crippen molar-refractivity contribution in [1.29, 1.82) is 0 Å². The number of hydrogen-bond acceptors (Lipinski definition) is 1. The molecule has 1 aromatic carbocycles. The Balaban J connectivity index is 2.39. The molecule has 0 radical (unpaired) electrons. The number of hydrogen-bond donors (Lipinski definition) is 0. The van der Waals surface area contributed by atoms with Gasteiger partial charge in [0.2, 0.25) is 0 Å². The summed E-state index contributed by atoms with van der Waals surface area (Å²) in [7, 11) is 2.21. The van der Waals surface area contributed by atoms with Crippen LogP contribution in [0.1, 0.15) is 5.56 Å². The Labute approximate surface area is 68.4 Å². The van der Waals surface area contributed by atoms with Crippen molar-refractivity contribution < 1.29 is 0 Å². The van der Waals surface area contributed by atoms with Gasteiger partial charge in [-0.15, -0.1) is 0 Å². The summed E-state index contributed by atoms with van der Waals surface area (Å²) in [5.41, 5.74) is 2.95. The van der Waals surface area contributed by atoms with Gasteiger partial charge in [-0.3, -0.25) is 0 Å². The van der Waals surface area contributed by atoms with Crippen LogP contribution in [0.2, 0.25) is 0 Å². The lowest BCUT2D eigenvalue weighted by atomic mass is 10.1. The van der Waals surface area contributed by atoms with Crippen LogP contribution in [0.15, 0.2) is 24.3 Å². The van der Waals surface area contributed by atoms with Crippen molar-refractivity contribution in [2.45, 2.75) is 6.42 Å². The number of fused-ring (bicyclic) bond motifs is 1. The number of rotatable bonds is 1. The third-order valence-electron chi connectivity index (χ3n) is 2.37. The summed E-state index contributed by atoms with van der Waals surface area (Å²) in [6.07, 6.45) is 2.36. The zero-order chi connectivity index (χ0) is 7.68. The molecule has 0 aliphatic carbocycles. The summed E-state index contributed by atoms with van der Waals surface area (Å²) in [6.45, 7) is 1.20. The highest BCUT2D eigenvalue weighted by molar-refractivity contribution is 6.10. The van der Waals surface area contributed by atoms with E-state index in [1.165, 1.54) is 24.2 Å². The fourth-order valence-electron chi connectivity index (χ4n) is 1.74. The minimum atomic E-state index is 1.14. The molecule has 0 atom stereocenters. The van der Waals surface area contributed by atoms with Gasteiger partial charge in [0.15, 0.2) is 0 Å². The van der Waals surface area contributed by atoms with E-state index < -0.39 is 0 Å². The first-order valence-electron chi connectivity index (χ1n) is 4.24. The van der Waals surface area contributed by atoms with Crippen LogP contribution in [0.3, 0.4) is 0 Å². The Morgan fingerprint density at radius 3 is 3.00 bits per heavy atom. The van der Waals surface area contributed by atoms with E-state index in [-0.39, 0.29) is 0 Å².